The van der Waals surface area contributed by atoms with Gasteiger partial charge in [-0.15, -0.1) is 0 Å². The molecule has 1 aromatic heterocycles. The highest BCUT2D eigenvalue weighted by molar-refractivity contribution is 5.32. The lowest BCUT2D eigenvalue weighted by Crippen LogP contribution is -2.15. The molecule has 0 saturated heterocycles. The number of pyridine rings is 1. The smallest absolute Gasteiger partial charge is 0.218 e. The third kappa shape index (κ3) is 2.87. The van der Waals surface area contributed by atoms with Crippen LogP contribution in [0, 0.1) is 17.3 Å². The number of nitriles is 1. The van der Waals surface area contributed by atoms with E-state index in [0.717, 1.165) is 0 Å². The Morgan fingerprint density at radius 2 is 1.94 bits per heavy atom. The number of hydrogen-bond acceptors (Lipinski definition) is 2. The molecule has 0 aliphatic heterocycles. The minimum Gasteiger partial charge on any atom is -0.218 e. The summed E-state index contributed by atoms with van der Waals surface area (Å²) in [5.41, 5.74) is -3.74. The van der Waals surface area contributed by atoms with Crippen molar-refractivity contribution in [3.05, 3.63) is 28.8 Å². The Morgan fingerprint density at radius 1 is 1.35 bits per heavy atom. The molecule has 0 aliphatic carbocycles. The third-order valence-corrected chi connectivity index (χ3v) is 1.85. The highest BCUT2D eigenvalue weighted by Gasteiger charge is 2.38. The van der Waals surface area contributed by atoms with Crippen LogP contribution in [-0.4, -0.2) is 4.98 Å². The summed E-state index contributed by atoms with van der Waals surface area (Å²) in [5, 5.41) is 8.28. The van der Waals surface area contributed by atoms with E-state index in [1.807, 2.05) is 0 Å². The molecule has 0 amide bonds. The van der Waals surface area contributed by atoms with E-state index in [1.54, 1.807) is 0 Å². The molecule has 92 valence electrons. The maximum atomic E-state index is 13.0. The molecule has 8 heteroatoms. The van der Waals surface area contributed by atoms with Crippen LogP contribution in [0.3, 0.4) is 0 Å². The van der Waals surface area contributed by atoms with Crippen molar-refractivity contribution in [2.45, 2.75) is 19.0 Å². The maximum absolute atomic E-state index is 13.0. The van der Waals surface area contributed by atoms with E-state index in [-0.39, 0.29) is 0 Å². The summed E-state index contributed by atoms with van der Waals surface area (Å²) < 4.78 is 74.6. The van der Waals surface area contributed by atoms with Crippen LogP contribution < -0.4 is 0 Å². The van der Waals surface area contributed by atoms with E-state index in [2.05, 4.69) is 4.98 Å². The molecule has 1 rings (SSSR count). The third-order valence-electron chi connectivity index (χ3n) is 1.85. The van der Waals surface area contributed by atoms with Gasteiger partial charge < -0.3 is 0 Å². The number of aromatic nitrogens is 1. The largest absolute Gasteiger partial charge is 0.421 e. The summed E-state index contributed by atoms with van der Waals surface area (Å²) in [6.45, 7) is 0. The normalized spacial score (nSPS) is 11.6. The quantitative estimate of drug-likeness (QED) is 0.600. The van der Waals surface area contributed by atoms with Crippen LogP contribution in [0.15, 0.2) is 6.07 Å². The summed E-state index contributed by atoms with van der Waals surface area (Å²) in [6.07, 6.45) is -9.11. The van der Waals surface area contributed by atoms with Crippen LogP contribution in [0.2, 0.25) is 0 Å². The van der Waals surface area contributed by atoms with Gasteiger partial charge in [0.1, 0.15) is 11.3 Å². The summed E-state index contributed by atoms with van der Waals surface area (Å²) >= 11 is 0. The molecule has 0 spiro atoms. The molecule has 0 aromatic carbocycles. The molecule has 0 N–H and O–H groups in total. The van der Waals surface area contributed by atoms with E-state index < -0.39 is 41.8 Å². The summed E-state index contributed by atoms with van der Waals surface area (Å²) in [4.78, 5) is 2.54. The molecule has 17 heavy (non-hydrogen) atoms. The van der Waals surface area contributed by atoms with Crippen molar-refractivity contribution in [1.82, 2.24) is 4.98 Å². The predicted molar refractivity (Wildman–Crippen MR) is 43.5 cm³/mol. The number of nitrogens with zero attached hydrogens (tertiary/aromatic N) is 2. The summed E-state index contributed by atoms with van der Waals surface area (Å²) in [6, 6.07) is 1.74. The molecule has 1 aromatic rings. The van der Waals surface area contributed by atoms with E-state index in [4.69, 9.17) is 5.26 Å². The van der Waals surface area contributed by atoms with E-state index in [1.165, 1.54) is 6.07 Å². The van der Waals surface area contributed by atoms with Crippen molar-refractivity contribution in [3.8, 4) is 6.07 Å². The summed E-state index contributed by atoms with van der Waals surface area (Å²) in [7, 11) is 0. The molecule has 0 atom stereocenters. The first-order valence-corrected chi connectivity index (χ1v) is 4.19. The van der Waals surface area contributed by atoms with Crippen molar-refractivity contribution in [2.75, 3.05) is 0 Å². The Kier molecular flexibility index (Phi) is 3.60. The predicted octanol–water partition coefficient (Wildman–Crippen LogP) is 3.24. The second-order valence-corrected chi connectivity index (χ2v) is 3.01. The van der Waals surface area contributed by atoms with Gasteiger partial charge >= 0.3 is 6.18 Å². The molecule has 0 saturated carbocycles. The van der Waals surface area contributed by atoms with Crippen molar-refractivity contribution in [1.29, 1.82) is 5.26 Å². The lowest BCUT2D eigenvalue weighted by atomic mass is 10.1. The highest BCUT2D eigenvalue weighted by atomic mass is 19.4. The van der Waals surface area contributed by atoms with Gasteiger partial charge in [-0.3, -0.25) is 0 Å². The van der Waals surface area contributed by atoms with E-state index >= 15 is 0 Å². The van der Waals surface area contributed by atoms with Gasteiger partial charge in [0, 0.05) is 0 Å². The zero-order valence-electron chi connectivity index (χ0n) is 8.02. The molecule has 0 fully saturated rings. The monoisotopic (exact) mass is 254 g/mol. The lowest BCUT2D eigenvalue weighted by Gasteiger charge is -2.12. The Labute approximate surface area is 91.5 Å². The zero-order valence-corrected chi connectivity index (χ0v) is 8.02. The Bertz CT molecular complexity index is 460. The second kappa shape index (κ2) is 4.61. The number of hydrogen-bond donors (Lipinski definition) is 0. The molecule has 0 unspecified atom stereocenters. The fourth-order valence-electron chi connectivity index (χ4n) is 1.22. The van der Waals surface area contributed by atoms with Crippen LogP contribution in [0.25, 0.3) is 0 Å². The fourth-order valence-corrected chi connectivity index (χ4v) is 1.22. The van der Waals surface area contributed by atoms with Gasteiger partial charge in [-0.25, -0.2) is 13.8 Å². The van der Waals surface area contributed by atoms with Crippen LogP contribution in [0.5, 0.6) is 0 Å². The SMILES string of the molecule is N#CCc1cc(C(F)F)nc(F)c1C(F)(F)F. The average molecular weight is 254 g/mol. The second-order valence-electron chi connectivity index (χ2n) is 3.01. The van der Waals surface area contributed by atoms with Crippen molar-refractivity contribution < 1.29 is 26.3 Å². The number of halogens is 6. The fraction of sp³-hybridized carbons (Fsp3) is 0.333. The van der Waals surface area contributed by atoms with Crippen molar-refractivity contribution in [3.63, 3.8) is 0 Å². The first-order chi connectivity index (χ1) is 7.77. The highest BCUT2D eigenvalue weighted by Crippen LogP contribution is 2.35. The van der Waals surface area contributed by atoms with Gasteiger partial charge in [-0.1, -0.05) is 0 Å². The molecule has 1 heterocycles. The molecular formula is C9H4F6N2. The van der Waals surface area contributed by atoms with Crippen LogP contribution in [-0.2, 0) is 12.6 Å². The Hall–Kier alpha value is -1.78. The summed E-state index contributed by atoms with van der Waals surface area (Å²) in [5.74, 6) is -2.04. The standard InChI is InChI=1S/C9H4F6N2/c10-7(11)5-3-4(1-2-16)6(8(12)17-5)9(13,14)15/h3,7H,1H2. The lowest BCUT2D eigenvalue weighted by molar-refractivity contribution is -0.141. The van der Waals surface area contributed by atoms with Gasteiger partial charge in [-0.05, 0) is 11.6 Å². The molecule has 0 radical (unpaired) electrons. The van der Waals surface area contributed by atoms with Gasteiger partial charge in [-0.2, -0.15) is 22.8 Å². The zero-order chi connectivity index (χ0) is 13.2. The van der Waals surface area contributed by atoms with Crippen molar-refractivity contribution >= 4 is 0 Å². The van der Waals surface area contributed by atoms with E-state index in [0.29, 0.717) is 6.07 Å². The van der Waals surface area contributed by atoms with Crippen LogP contribution in [0.1, 0.15) is 23.2 Å². The Balaban J connectivity index is 3.45. The molecule has 0 bridgehead atoms. The molecule has 2 nitrogen and oxygen atoms in total. The first-order valence-electron chi connectivity index (χ1n) is 4.19. The van der Waals surface area contributed by atoms with Gasteiger partial charge in [0.2, 0.25) is 5.95 Å². The van der Waals surface area contributed by atoms with Crippen molar-refractivity contribution in [2.24, 2.45) is 0 Å². The van der Waals surface area contributed by atoms with Crippen LogP contribution in [0.4, 0.5) is 26.3 Å². The topological polar surface area (TPSA) is 36.7 Å². The van der Waals surface area contributed by atoms with Crippen LogP contribution >= 0.6 is 0 Å². The van der Waals surface area contributed by atoms with Gasteiger partial charge in [0.25, 0.3) is 6.43 Å². The Morgan fingerprint density at radius 3 is 2.35 bits per heavy atom. The van der Waals surface area contributed by atoms with E-state index in [9.17, 15) is 26.3 Å². The maximum Gasteiger partial charge on any atom is 0.421 e. The number of rotatable bonds is 2. The van der Waals surface area contributed by atoms with Gasteiger partial charge in [0.15, 0.2) is 0 Å². The molecule has 0 aliphatic rings. The average Bonchev–Trinajstić information content (AvgIpc) is 2.14. The minimum atomic E-state index is -5.08. The minimum absolute atomic E-state index is 0.389. The molecular weight excluding hydrogens is 250 g/mol. The number of alkyl halides is 5. The van der Waals surface area contributed by atoms with Gasteiger partial charge in [0.05, 0.1) is 12.5 Å². The first kappa shape index (κ1) is 13.3.